The van der Waals surface area contributed by atoms with Crippen LogP contribution in [0.5, 0.6) is 11.5 Å². The molecular weight excluding hydrogens is 625 g/mol. The van der Waals surface area contributed by atoms with Crippen LogP contribution in [0.2, 0.25) is 0 Å². The van der Waals surface area contributed by atoms with Crippen molar-refractivity contribution >= 4 is 23.4 Å². The zero-order valence-electron chi connectivity index (χ0n) is 26.9. The van der Waals surface area contributed by atoms with Crippen molar-refractivity contribution in [1.29, 1.82) is 0 Å². The number of hydrogen-bond acceptors (Lipinski definition) is 8. The van der Waals surface area contributed by atoms with E-state index in [4.69, 9.17) is 24.3 Å². The third-order valence-corrected chi connectivity index (χ3v) is 8.84. The van der Waals surface area contributed by atoms with E-state index in [9.17, 15) is 9.59 Å². The van der Waals surface area contributed by atoms with Crippen molar-refractivity contribution in [2.45, 2.75) is 19.9 Å². The van der Waals surface area contributed by atoms with Crippen molar-refractivity contribution in [1.82, 2.24) is 14.3 Å². The third kappa shape index (κ3) is 6.30. The molecule has 0 saturated carbocycles. The summed E-state index contributed by atoms with van der Waals surface area (Å²) in [5.74, 6) is 0.849. The van der Waals surface area contributed by atoms with E-state index in [1.54, 1.807) is 41.5 Å². The van der Waals surface area contributed by atoms with Crippen LogP contribution < -0.4 is 24.4 Å². The molecule has 2 aromatic heterocycles. The molecule has 0 saturated heterocycles. The molecule has 0 radical (unpaired) electrons. The van der Waals surface area contributed by atoms with Crippen LogP contribution >= 0.6 is 11.3 Å². The summed E-state index contributed by atoms with van der Waals surface area (Å²) in [6, 6.07) is 22.2. The Bertz CT molecular complexity index is 2230. The highest BCUT2D eigenvalue weighted by Gasteiger charge is 2.33. The molecule has 10 heteroatoms. The highest BCUT2D eigenvalue weighted by atomic mass is 32.1. The van der Waals surface area contributed by atoms with Gasteiger partial charge in [-0.25, -0.2) is 14.5 Å². The van der Waals surface area contributed by atoms with Crippen LogP contribution in [0.4, 0.5) is 0 Å². The number of para-hydroxylation sites is 1. The van der Waals surface area contributed by atoms with Gasteiger partial charge in [0.1, 0.15) is 30.4 Å². The maximum absolute atomic E-state index is 14.4. The molecule has 1 aliphatic rings. The largest absolute Gasteiger partial charge is 0.497 e. The van der Waals surface area contributed by atoms with Gasteiger partial charge in [0.25, 0.3) is 5.56 Å². The number of aryl methyl sites for hydroxylation is 1. The van der Waals surface area contributed by atoms with Crippen LogP contribution in [-0.2, 0) is 9.53 Å². The van der Waals surface area contributed by atoms with Crippen LogP contribution in [0.3, 0.4) is 0 Å². The number of rotatable bonds is 11. The first-order chi connectivity index (χ1) is 23.3. The number of hydrogen-bond donors (Lipinski definition) is 0. The summed E-state index contributed by atoms with van der Waals surface area (Å²) in [5.41, 5.74) is 5.31. The van der Waals surface area contributed by atoms with E-state index >= 15 is 0 Å². The summed E-state index contributed by atoms with van der Waals surface area (Å²) in [7, 11) is 1.58. The first-order valence-electron chi connectivity index (χ1n) is 15.3. The predicted molar refractivity (Wildman–Crippen MR) is 187 cm³/mol. The number of thiazole rings is 1. The fourth-order valence-electron chi connectivity index (χ4n) is 5.58. The normalized spacial score (nSPS) is 14.2. The van der Waals surface area contributed by atoms with E-state index in [0.717, 1.165) is 33.7 Å². The molecule has 1 unspecified atom stereocenters. The molecule has 5 aromatic rings. The lowest BCUT2D eigenvalue weighted by Crippen LogP contribution is -2.39. The van der Waals surface area contributed by atoms with E-state index in [1.165, 1.54) is 17.4 Å². The molecule has 0 N–H and O–H groups in total. The standard InChI is InChI=1S/C38H34N4O5S/c1-6-19-46-31-18-15-27(21-24(31)3)34-28(23-41(40-34)29-11-9-8-10-12-29)22-32-36(43)42-35(26-13-16-30(45-5)17-14-26)33(37(44)47-20-7-2)25(4)39-38(42)48-32/h6-18,21-23,35H,1-2,19-20H2,3-5H3. The number of ether oxygens (including phenoxy) is 3. The average Bonchev–Trinajstić information content (AvgIpc) is 3.66. The van der Waals surface area contributed by atoms with Gasteiger partial charge in [-0.2, -0.15) is 5.10 Å². The van der Waals surface area contributed by atoms with Crippen LogP contribution in [0.15, 0.2) is 125 Å². The Morgan fingerprint density at radius 2 is 1.75 bits per heavy atom. The van der Waals surface area contributed by atoms with Crippen molar-refractivity contribution in [2.75, 3.05) is 20.3 Å². The number of carbonyl (C=O) groups is 1. The molecule has 0 aliphatic carbocycles. The molecule has 0 amide bonds. The van der Waals surface area contributed by atoms with Gasteiger partial charge >= 0.3 is 5.97 Å². The lowest BCUT2D eigenvalue weighted by molar-refractivity contribution is -0.138. The number of fused-ring (bicyclic) bond motifs is 1. The first-order valence-corrected chi connectivity index (χ1v) is 16.1. The van der Waals surface area contributed by atoms with Crippen molar-refractivity contribution in [2.24, 2.45) is 4.99 Å². The molecule has 242 valence electrons. The molecule has 6 rings (SSSR count). The number of methoxy groups -OCH3 is 1. The van der Waals surface area contributed by atoms with E-state index in [1.807, 2.05) is 79.9 Å². The second kappa shape index (κ2) is 13.9. The fraction of sp³-hybridized carbons (Fsp3) is 0.158. The van der Waals surface area contributed by atoms with Gasteiger partial charge in [0, 0.05) is 17.3 Å². The molecule has 1 atom stereocenters. The molecule has 0 bridgehead atoms. The number of aromatic nitrogens is 3. The Morgan fingerprint density at radius 1 is 1.00 bits per heavy atom. The summed E-state index contributed by atoms with van der Waals surface area (Å²) in [4.78, 5) is 32.9. The van der Waals surface area contributed by atoms with Crippen LogP contribution in [0, 0.1) is 6.92 Å². The first kappa shape index (κ1) is 32.2. The van der Waals surface area contributed by atoms with Crippen LogP contribution in [0.1, 0.15) is 29.7 Å². The van der Waals surface area contributed by atoms with E-state index in [0.29, 0.717) is 33.1 Å². The molecule has 1 aliphatic heterocycles. The SMILES string of the molecule is C=CCOC(=O)C1=C(C)N=c2sc(=Cc3cn(-c4ccccc4)nc3-c3ccc(OCC=C)c(C)c3)c(=O)n2C1c1ccc(OC)cc1. The van der Waals surface area contributed by atoms with Crippen molar-refractivity contribution in [3.05, 3.63) is 152 Å². The number of allylic oxidation sites excluding steroid dienone is 1. The lowest BCUT2D eigenvalue weighted by atomic mass is 9.96. The van der Waals surface area contributed by atoms with E-state index in [2.05, 4.69) is 13.2 Å². The van der Waals surface area contributed by atoms with E-state index < -0.39 is 12.0 Å². The Balaban J connectivity index is 1.53. The van der Waals surface area contributed by atoms with E-state index in [-0.39, 0.29) is 17.7 Å². The Kier molecular flexibility index (Phi) is 9.36. The Hall–Kier alpha value is -5.74. The minimum absolute atomic E-state index is 0.0321. The summed E-state index contributed by atoms with van der Waals surface area (Å²) in [6.45, 7) is 11.6. The van der Waals surface area contributed by atoms with Gasteiger partial charge in [-0.15, -0.1) is 0 Å². The molecule has 48 heavy (non-hydrogen) atoms. The summed E-state index contributed by atoms with van der Waals surface area (Å²) in [5, 5.41) is 4.96. The average molecular weight is 659 g/mol. The topological polar surface area (TPSA) is 96.9 Å². The molecule has 3 aromatic carbocycles. The smallest absolute Gasteiger partial charge is 0.338 e. The number of esters is 1. The molecule has 0 fully saturated rings. The number of nitrogens with zero attached hydrogens (tertiary/aromatic N) is 4. The molecule has 9 nitrogen and oxygen atoms in total. The summed E-state index contributed by atoms with van der Waals surface area (Å²) in [6.07, 6.45) is 6.95. The number of carbonyl (C=O) groups excluding carboxylic acids is 1. The van der Waals surface area contributed by atoms with Gasteiger partial charge in [0.2, 0.25) is 0 Å². The van der Waals surface area contributed by atoms with Crippen molar-refractivity contribution < 1.29 is 19.0 Å². The van der Waals surface area contributed by atoms with Crippen molar-refractivity contribution in [3.63, 3.8) is 0 Å². The lowest BCUT2D eigenvalue weighted by Gasteiger charge is -2.24. The Labute approximate surface area is 281 Å². The van der Waals surface area contributed by atoms with Gasteiger partial charge in [-0.1, -0.05) is 67.0 Å². The highest BCUT2D eigenvalue weighted by molar-refractivity contribution is 7.07. The fourth-order valence-corrected chi connectivity index (χ4v) is 6.61. The number of benzene rings is 3. The maximum atomic E-state index is 14.4. The summed E-state index contributed by atoms with van der Waals surface area (Å²) >= 11 is 1.26. The Morgan fingerprint density at radius 3 is 2.44 bits per heavy atom. The highest BCUT2D eigenvalue weighted by Crippen LogP contribution is 2.32. The monoisotopic (exact) mass is 658 g/mol. The van der Waals surface area contributed by atoms with Crippen molar-refractivity contribution in [3.8, 4) is 28.4 Å². The minimum atomic E-state index is -0.760. The van der Waals surface area contributed by atoms with Crippen LogP contribution in [-0.4, -0.2) is 40.6 Å². The second-order valence-corrected chi connectivity index (χ2v) is 12.0. The van der Waals surface area contributed by atoms with Gasteiger partial charge in [0.05, 0.1) is 34.6 Å². The zero-order chi connectivity index (χ0) is 33.8. The van der Waals surface area contributed by atoms with Crippen LogP contribution in [0.25, 0.3) is 23.0 Å². The molecule has 0 spiro atoms. The molecule has 3 heterocycles. The van der Waals surface area contributed by atoms with Gasteiger partial charge in [0.15, 0.2) is 4.80 Å². The minimum Gasteiger partial charge on any atom is -0.497 e. The van der Waals surface area contributed by atoms with Gasteiger partial charge in [-0.3, -0.25) is 9.36 Å². The second-order valence-electron chi connectivity index (χ2n) is 11.0. The third-order valence-electron chi connectivity index (χ3n) is 7.86. The van der Waals surface area contributed by atoms with Gasteiger partial charge < -0.3 is 14.2 Å². The molecular formula is C38H34N4O5S. The predicted octanol–water partition coefficient (Wildman–Crippen LogP) is 5.70. The maximum Gasteiger partial charge on any atom is 0.338 e. The summed E-state index contributed by atoms with van der Waals surface area (Å²) < 4.78 is 20.4. The quantitative estimate of drug-likeness (QED) is 0.134. The van der Waals surface area contributed by atoms with Gasteiger partial charge in [-0.05, 0) is 73.5 Å². The zero-order valence-corrected chi connectivity index (χ0v) is 27.7.